The van der Waals surface area contributed by atoms with E-state index in [-0.39, 0.29) is 5.56 Å². The van der Waals surface area contributed by atoms with Crippen LogP contribution in [0.1, 0.15) is 22.0 Å². The van der Waals surface area contributed by atoms with Crippen LogP contribution in [-0.4, -0.2) is 16.6 Å². The van der Waals surface area contributed by atoms with Crippen LogP contribution < -0.4 is 5.32 Å². The van der Waals surface area contributed by atoms with E-state index in [9.17, 15) is 8.78 Å². The summed E-state index contributed by atoms with van der Waals surface area (Å²) in [5.74, 6) is -1.10. The summed E-state index contributed by atoms with van der Waals surface area (Å²) >= 11 is 1.12. The molecular weight excluding hydrogens is 244 g/mol. The van der Waals surface area contributed by atoms with Crippen molar-refractivity contribution in [1.82, 2.24) is 14.9 Å². The summed E-state index contributed by atoms with van der Waals surface area (Å²) < 4.78 is 31.4. The molecule has 0 amide bonds. The lowest BCUT2D eigenvalue weighted by atomic mass is 10.0. The zero-order valence-electron chi connectivity index (χ0n) is 9.37. The summed E-state index contributed by atoms with van der Waals surface area (Å²) in [6, 6.07) is 2.13. The molecule has 0 aliphatic heterocycles. The number of halogens is 2. The SMILES string of the molecule is CNC(c1cnns1)c1c(F)ccc(C)c1F. The van der Waals surface area contributed by atoms with Gasteiger partial charge in [-0.1, -0.05) is 10.6 Å². The number of nitrogens with zero attached hydrogens (tertiary/aromatic N) is 2. The number of nitrogens with one attached hydrogen (secondary N) is 1. The Morgan fingerprint density at radius 3 is 2.71 bits per heavy atom. The smallest absolute Gasteiger partial charge is 0.134 e. The Morgan fingerprint density at radius 1 is 1.35 bits per heavy atom. The first-order valence-electron chi connectivity index (χ1n) is 5.04. The quantitative estimate of drug-likeness (QED) is 0.915. The largest absolute Gasteiger partial charge is 0.308 e. The lowest BCUT2D eigenvalue weighted by Crippen LogP contribution is -2.20. The highest BCUT2D eigenvalue weighted by Gasteiger charge is 2.23. The highest BCUT2D eigenvalue weighted by Crippen LogP contribution is 2.29. The molecule has 0 fully saturated rings. The van der Waals surface area contributed by atoms with E-state index in [1.54, 1.807) is 14.0 Å². The number of hydrogen-bond donors (Lipinski definition) is 1. The summed E-state index contributed by atoms with van der Waals surface area (Å²) in [6.07, 6.45) is 1.51. The van der Waals surface area contributed by atoms with Crippen molar-refractivity contribution in [3.63, 3.8) is 0 Å². The monoisotopic (exact) mass is 255 g/mol. The minimum atomic E-state index is -0.569. The molecule has 3 nitrogen and oxygen atoms in total. The van der Waals surface area contributed by atoms with Crippen molar-refractivity contribution in [2.24, 2.45) is 0 Å². The molecule has 1 aromatic heterocycles. The van der Waals surface area contributed by atoms with Crippen molar-refractivity contribution in [2.45, 2.75) is 13.0 Å². The Kier molecular flexibility index (Phi) is 3.44. The zero-order valence-corrected chi connectivity index (χ0v) is 10.2. The summed E-state index contributed by atoms with van der Waals surface area (Å²) in [5, 5.41) is 6.56. The Balaban J connectivity index is 2.55. The van der Waals surface area contributed by atoms with E-state index in [4.69, 9.17) is 0 Å². The van der Waals surface area contributed by atoms with E-state index < -0.39 is 17.7 Å². The highest BCUT2D eigenvalue weighted by atomic mass is 32.1. The summed E-state index contributed by atoms with van der Waals surface area (Å²) in [6.45, 7) is 1.61. The van der Waals surface area contributed by atoms with Gasteiger partial charge in [-0.15, -0.1) is 5.10 Å². The minimum Gasteiger partial charge on any atom is -0.308 e. The first-order chi connectivity index (χ1) is 8.15. The van der Waals surface area contributed by atoms with Crippen LogP contribution in [0.4, 0.5) is 8.78 Å². The molecule has 17 heavy (non-hydrogen) atoms. The third kappa shape index (κ3) is 2.18. The third-order valence-corrected chi connectivity index (χ3v) is 3.29. The fourth-order valence-corrected chi connectivity index (χ4v) is 2.30. The molecule has 2 aromatic rings. The molecule has 1 N–H and O–H groups in total. The molecule has 1 atom stereocenters. The van der Waals surface area contributed by atoms with Crippen LogP contribution in [0.25, 0.3) is 0 Å². The van der Waals surface area contributed by atoms with Gasteiger partial charge in [-0.2, -0.15) is 0 Å². The van der Waals surface area contributed by atoms with Crippen LogP contribution in [0, 0.1) is 18.6 Å². The number of aromatic nitrogens is 2. The van der Waals surface area contributed by atoms with Crippen LogP contribution in [0.5, 0.6) is 0 Å². The fraction of sp³-hybridized carbons (Fsp3) is 0.273. The van der Waals surface area contributed by atoms with Gasteiger partial charge in [0, 0.05) is 5.56 Å². The van der Waals surface area contributed by atoms with Gasteiger partial charge in [-0.25, -0.2) is 8.78 Å². The molecule has 0 aliphatic rings. The van der Waals surface area contributed by atoms with Crippen LogP contribution in [0.15, 0.2) is 18.3 Å². The van der Waals surface area contributed by atoms with Gasteiger partial charge in [0.25, 0.3) is 0 Å². The third-order valence-electron chi connectivity index (χ3n) is 2.56. The van der Waals surface area contributed by atoms with Gasteiger partial charge in [0.1, 0.15) is 11.6 Å². The van der Waals surface area contributed by atoms with Gasteiger partial charge < -0.3 is 5.32 Å². The van der Waals surface area contributed by atoms with E-state index in [0.29, 0.717) is 10.4 Å². The highest BCUT2D eigenvalue weighted by molar-refractivity contribution is 7.05. The van der Waals surface area contributed by atoms with E-state index >= 15 is 0 Å². The van der Waals surface area contributed by atoms with Crippen molar-refractivity contribution in [2.75, 3.05) is 7.05 Å². The molecule has 0 saturated heterocycles. The Labute approximate surface area is 102 Å². The van der Waals surface area contributed by atoms with Gasteiger partial charge in [-0.05, 0) is 37.1 Å². The van der Waals surface area contributed by atoms with Crippen molar-refractivity contribution in [1.29, 1.82) is 0 Å². The van der Waals surface area contributed by atoms with Gasteiger partial charge in [-0.3, -0.25) is 0 Å². The lowest BCUT2D eigenvalue weighted by Gasteiger charge is -2.16. The molecular formula is C11H11F2N3S. The molecule has 0 bridgehead atoms. The number of rotatable bonds is 3. The second kappa shape index (κ2) is 4.85. The van der Waals surface area contributed by atoms with E-state index in [0.717, 1.165) is 11.5 Å². The summed E-state index contributed by atoms with van der Waals surface area (Å²) in [4.78, 5) is 0.677. The van der Waals surface area contributed by atoms with E-state index in [1.165, 1.54) is 18.3 Å². The number of benzene rings is 1. The van der Waals surface area contributed by atoms with Crippen molar-refractivity contribution in [3.8, 4) is 0 Å². The van der Waals surface area contributed by atoms with Crippen molar-refractivity contribution >= 4 is 11.5 Å². The van der Waals surface area contributed by atoms with E-state index in [2.05, 4.69) is 14.9 Å². The van der Waals surface area contributed by atoms with Crippen molar-refractivity contribution in [3.05, 3.63) is 46.0 Å². The summed E-state index contributed by atoms with van der Waals surface area (Å²) in [5.41, 5.74) is 0.428. The summed E-state index contributed by atoms with van der Waals surface area (Å²) in [7, 11) is 1.64. The second-order valence-corrected chi connectivity index (χ2v) is 4.45. The molecule has 6 heteroatoms. The maximum atomic E-state index is 14.0. The molecule has 1 unspecified atom stereocenters. The standard InChI is InChI=1S/C11H11F2N3S/c1-6-3-4-7(12)9(10(6)13)11(14-2)8-5-15-16-17-8/h3-5,11,14H,1-2H3. The Hall–Kier alpha value is -1.40. The van der Waals surface area contributed by atoms with E-state index in [1.807, 2.05) is 0 Å². The molecule has 1 aromatic carbocycles. The maximum Gasteiger partial charge on any atom is 0.134 e. The predicted molar refractivity (Wildman–Crippen MR) is 61.9 cm³/mol. The zero-order chi connectivity index (χ0) is 12.4. The number of hydrogen-bond acceptors (Lipinski definition) is 4. The van der Waals surface area contributed by atoms with Gasteiger partial charge >= 0.3 is 0 Å². The minimum absolute atomic E-state index is 0.0125. The van der Waals surface area contributed by atoms with Crippen molar-refractivity contribution < 1.29 is 8.78 Å². The lowest BCUT2D eigenvalue weighted by molar-refractivity contribution is 0.520. The average molecular weight is 255 g/mol. The molecule has 2 rings (SSSR count). The molecule has 1 heterocycles. The maximum absolute atomic E-state index is 14.0. The van der Waals surface area contributed by atoms with Gasteiger partial charge in [0.05, 0.1) is 17.1 Å². The molecule has 0 spiro atoms. The average Bonchev–Trinajstić information content (AvgIpc) is 2.83. The van der Waals surface area contributed by atoms with Crippen LogP contribution in [0.3, 0.4) is 0 Å². The first-order valence-corrected chi connectivity index (χ1v) is 5.81. The Morgan fingerprint density at radius 2 is 2.12 bits per heavy atom. The first kappa shape index (κ1) is 12.1. The fourth-order valence-electron chi connectivity index (χ4n) is 1.67. The van der Waals surface area contributed by atoms with Gasteiger partial charge in [0.15, 0.2) is 0 Å². The molecule has 0 radical (unpaired) electrons. The molecule has 0 saturated carbocycles. The predicted octanol–water partition coefficient (Wildman–Crippen LogP) is 2.43. The normalized spacial score (nSPS) is 12.7. The Bertz CT molecular complexity index is 514. The van der Waals surface area contributed by atoms with Crippen LogP contribution >= 0.6 is 11.5 Å². The molecule has 90 valence electrons. The molecule has 0 aliphatic carbocycles. The van der Waals surface area contributed by atoms with Gasteiger partial charge in [0.2, 0.25) is 0 Å². The number of aryl methyl sites for hydroxylation is 1. The topological polar surface area (TPSA) is 37.8 Å². The second-order valence-electron chi connectivity index (χ2n) is 3.63. The van der Waals surface area contributed by atoms with Crippen LogP contribution in [0.2, 0.25) is 0 Å². The van der Waals surface area contributed by atoms with Crippen LogP contribution in [-0.2, 0) is 0 Å².